The molecule has 0 unspecified atom stereocenters. The molecule has 1 amide bonds. The molecular weight excluding hydrogens is 354 g/mol. The number of anilines is 2. The number of nitrogens with zero attached hydrogens (tertiary/aromatic N) is 3. The van der Waals surface area contributed by atoms with E-state index in [-0.39, 0.29) is 11.9 Å². The van der Waals surface area contributed by atoms with Crippen LogP contribution in [0.15, 0.2) is 61.1 Å². The van der Waals surface area contributed by atoms with Gasteiger partial charge in [0.15, 0.2) is 0 Å². The molecule has 136 valence electrons. The second-order valence-electron chi connectivity index (χ2n) is 6.37. The lowest BCUT2D eigenvalue weighted by Crippen LogP contribution is -2.12. The molecule has 0 saturated heterocycles. The number of para-hydroxylation sites is 1. The summed E-state index contributed by atoms with van der Waals surface area (Å²) in [5.41, 5.74) is 10.8. The summed E-state index contributed by atoms with van der Waals surface area (Å²) in [5.74, 6) is -0.0314. The Balaban J connectivity index is 1.65. The maximum atomic E-state index is 13.0. The molecule has 0 aliphatic carbocycles. The summed E-state index contributed by atoms with van der Waals surface area (Å²) in [7, 11) is 0. The fourth-order valence-corrected chi connectivity index (χ4v) is 3.26. The van der Waals surface area contributed by atoms with E-state index in [0.717, 1.165) is 27.7 Å². The van der Waals surface area contributed by atoms with Crippen LogP contribution in [-0.2, 0) is 0 Å². The van der Waals surface area contributed by atoms with Gasteiger partial charge in [-0.15, -0.1) is 0 Å². The van der Waals surface area contributed by atoms with E-state index in [1.54, 1.807) is 12.4 Å². The summed E-state index contributed by atoms with van der Waals surface area (Å²) in [5, 5.41) is 10.7. The smallest absolute Gasteiger partial charge is 0.257 e. The number of nitrogen functional groups attached to an aromatic ring is 1. The minimum Gasteiger partial charge on any atom is -0.368 e. The van der Waals surface area contributed by atoms with Crippen LogP contribution in [0, 0.1) is 0 Å². The molecule has 5 aromatic rings. The first-order valence-corrected chi connectivity index (χ1v) is 8.62. The number of nitrogens with two attached hydrogens (primary N) is 1. The number of fused-ring (bicyclic) bond motifs is 2. The van der Waals surface area contributed by atoms with Crippen LogP contribution in [0.5, 0.6) is 0 Å². The van der Waals surface area contributed by atoms with Crippen LogP contribution in [0.4, 0.5) is 11.6 Å². The molecule has 5 N–H and O–H groups in total. The zero-order valence-corrected chi connectivity index (χ0v) is 14.6. The van der Waals surface area contributed by atoms with Gasteiger partial charge in [-0.1, -0.05) is 18.2 Å². The van der Waals surface area contributed by atoms with Gasteiger partial charge in [-0.25, -0.2) is 9.97 Å². The highest BCUT2D eigenvalue weighted by Crippen LogP contribution is 2.31. The summed E-state index contributed by atoms with van der Waals surface area (Å²) in [6.07, 6.45) is 5.16. The van der Waals surface area contributed by atoms with E-state index in [1.165, 1.54) is 0 Å². The lowest BCUT2D eigenvalue weighted by Gasteiger charge is -2.08. The van der Waals surface area contributed by atoms with Gasteiger partial charge in [0.05, 0.1) is 29.0 Å². The lowest BCUT2D eigenvalue weighted by molar-refractivity contribution is 0.102. The first kappa shape index (κ1) is 16.0. The van der Waals surface area contributed by atoms with Crippen LogP contribution in [0.2, 0.25) is 0 Å². The number of benzene rings is 2. The van der Waals surface area contributed by atoms with Crippen molar-refractivity contribution in [3.8, 4) is 11.1 Å². The third-order valence-corrected chi connectivity index (χ3v) is 4.57. The number of hydrogen-bond acceptors (Lipinski definition) is 5. The predicted molar refractivity (Wildman–Crippen MR) is 108 cm³/mol. The van der Waals surface area contributed by atoms with Crippen LogP contribution >= 0.6 is 0 Å². The standard InChI is InChI=1S/C20H15N7O/c21-20-23-10-16-18(26-20)15(9-22-16)11-6-12-8-24-27-17(12)14(7-11)19(28)25-13-4-2-1-3-5-13/h1-10,22H,(H,24,27)(H,25,28)(H2,21,23,26). The molecule has 2 aromatic carbocycles. The SMILES string of the molecule is Nc1ncc2[nH]cc(-c3cc(C(=O)Nc4ccccc4)c4[nH]ncc4c3)c2n1. The van der Waals surface area contributed by atoms with Crippen molar-refractivity contribution >= 4 is 39.5 Å². The van der Waals surface area contributed by atoms with Crippen LogP contribution in [0.1, 0.15) is 10.4 Å². The molecule has 3 heterocycles. The number of aromatic amines is 2. The highest BCUT2D eigenvalue weighted by Gasteiger charge is 2.17. The van der Waals surface area contributed by atoms with Crippen LogP contribution in [0.3, 0.4) is 0 Å². The van der Waals surface area contributed by atoms with Gasteiger partial charge in [0.25, 0.3) is 5.91 Å². The maximum Gasteiger partial charge on any atom is 0.257 e. The van der Waals surface area contributed by atoms with E-state index in [0.29, 0.717) is 16.6 Å². The van der Waals surface area contributed by atoms with Crippen molar-refractivity contribution < 1.29 is 4.79 Å². The quantitative estimate of drug-likeness (QED) is 0.388. The van der Waals surface area contributed by atoms with E-state index >= 15 is 0 Å². The number of amides is 1. The fourth-order valence-electron chi connectivity index (χ4n) is 3.26. The zero-order valence-electron chi connectivity index (χ0n) is 14.6. The number of hydrogen-bond donors (Lipinski definition) is 4. The summed E-state index contributed by atoms with van der Waals surface area (Å²) < 4.78 is 0. The van der Waals surface area contributed by atoms with Crippen LogP contribution < -0.4 is 11.1 Å². The Morgan fingerprint density at radius 3 is 2.82 bits per heavy atom. The largest absolute Gasteiger partial charge is 0.368 e. The number of aromatic nitrogens is 5. The highest BCUT2D eigenvalue weighted by atomic mass is 16.1. The van der Waals surface area contributed by atoms with Gasteiger partial charge in [-0.2, -0.15) is 5.10 Å². The monoisotopic (exact) mass is 369 g/mol. The first-order valence-electron chi connectivity index (χ1n) is 8.62. The number of carbonyl (C=O) groups excluding carboxylic acids is 1. The molecule has 0 radical (unpaired) electrons. The molecule has 0 fully saturated rings. The third-order valence-electron chi connectivity index (χ3n) is 4.57. The lowest BCUT2D eigenvalue weighted by atomic mass is 10.0. The van der Waals surface area contributed by atoms with Gasteiger partial charge in [0.2, 0.25) is 5.95 Å². The molecular formula is C20H15N7O. The molecule has 28 heavy (non-hydrogen) atoms. The van der Waals surface area contributed by atoms with E-state index < -0.39 is 0 Å². The van der Waals surface area contributed by atoms with Crippen molar-refractivity contribution in [3.63, 3.8) is 0 Å². The van der Waals surface area contributed by atoms with E-state index in [9.17, 15) is 4.79 Å². The highest BCUT2D eigenvalue weighted by molar-refractivity contribution is 6.13. The van der Waals surface area contributed by atoms with Crippen molar-refractivity contribution in [1.29, 1.82) is 0 Å². The molecule has 0 atom stereocenters. The average Bonchev–Trinajstić information content (AvgIpc) is 3.34. The first-order chi connectivity index (χ1) is 13.7. The van der Waals surface area contributed by atoms with E-state index in [1.807, 2.05) is 48.7 Å². The molecule has 3 aromatic heterocycles. The average molecular weight is 369 g/mol. The Bertz CT molecular complexity index is 1320. The van der Waals surface area contributed by atoms with Gasteiger partial charge >= 0.3 is 0 Å². The van der Waals surface area contributed by atoms with Gasteiger partial charge in [-0.3, -0.25) is 9.89 Å². The normalized spacial score (nSPS) is 11.1. The Morgan fingerprint density at radius 1 is 1.11 bits per heavy atom. The summed E-state index contributed by atoms with van der Waals surface area (Å²) in [6.45, 7) is 0. The van der Waals surface area contributed by atoms with Crippen molar-refractivity contribution in [3.05, 3.63) is 66.6 Å². The van der Waals surface area contributed by atoms with Crippen molar-refractivity contribution in [2.75, 3.05) is 11.1 Å². The summed E-state index contributed by atoms with van der Waals surface area (Å²) >= 11 is 0. The topological polar surface area (TPSA) is 125 Å². The second kappa shape index (κ2) is 6.20. The molecule has 0 aliphatic rings. The summed E-state index contributed by atoms with van der Waals surface area (Å²) in [4.78, 5) is 24.4. The number of carbonyl (C=O) groups is 1. The Kier molecular flexibility index (Phi) is 3.55. The molecule has 0 bridgehead atoms. The molecule has 0 aliphatic heterocycles. The Morgan fingerprint density at radius 2 is 1.96 bits per heavy atom. The zero-order chi connectivity index (χ0) is 19.1. The maximum absolute atomic E-state index is 13.0. The Labute approximate surface area is 158 Å². The fraction of sp³-hybridized carbons (Fsp3) is 0. The van der Waals surface area contributed by atoms with Crippen molar-refractivity contribution in [2.24, 2.45) is 0 Å². The number of nitrogens with one attached hydrogen (secondary N) is 3. The number of rotatable bonds is 3. The van der Waals surface area contributed by atoms with Gasteiger partial charge < -0.3 is 16.0 Å². The molecule has 8 nitrogen and oxygen atoms in total. The second-order valence-corrected chi connectivity index (χ2v) is 6.37. The van der Waals surface area contributed by atoms with E-state index in [4.69, 9.17) is 5.73 Å². The van der Waals surface area contributed by atoms with Gasteiger partial charge in [-0.05, 0) is 29.8 Å². The molecule has 0 spiro atoms. The molecule has 8 heteroatoms. The minimum atomic E-state index is -0.226. The Hall–Kier alpha value is -4.20. The predicted octanol–water partition coefficient (Wildman–Crippen LogP) is 3.34. The molecule has 5 rings (SSSR count). The number of H-pyrrole nitrogens is 2. The molecule has 0 saturated carbocycles. The van der Waals surface area contributed by atoms with Gasteiger partial charge in [0.1, 0.15) is 5.52 Å². The third kappa shape index (κ3) is 2.64. The van der Waals surface area contributed by atoms with Gasteiger partial charge in [0, 0.05) is 22.8 Å². The van der Waals surface area contributed by atoms with Crippen molar-refractivity contribution in [2.45, 2.75) is 0 Å². The van der Waals surface area contributed by atoms with Crippen LogP contribution in [-0.4, -0.2) is 31.1 Å². The summed E-state index contributed by atoms with van der Waals surface area (Å²) in [6, 6.07) is 13.1. The van der Waals surface area contributed by atoms with Crippen LogP contribution in [0.25, 0.3) is 33.1 Å². The van der Waals surface area contributed by atoms with E-state index in [2.05, 4.69) is 30.5 Å². The van der Waals surface area contributed by atoms with Crippen molar-refractivity contribution in [1.82, 2.24) is 25.1 Å². The minimum absolute atomic E-state index is 0.194.